The fourth-order valence-electron chi connectivity index (χ4n) is 2.23. The molecule has 0 amide bonds. The topological polar surface area (TPSA) is 81.9 Å². The van der Waals surface area contributed by atoms with Crippen LogP contribution >= 0.6 is 0 Å². The molecule has 7 heteroatoms. The number of sulfonamides is 1. The monoisotopic (exact) mass is 312 g/mol. The molecule has 0 saturated carbocycles. The Morgan fingerprint density at radius 1 is 1.33 bits per heavy atom. The van der Waals surface area contributed by atoms with Crippen LogP contribution in [-0.2, 0) is 14.8 Å². The molecule has 1 aliphatic rings. The quantitative estimate of drug-likeness (QED) is 0.653. The normalized spacial score (nSPS) is 16.6. The molecule has 6 nitrogen and oxygen atoms in total. The van der Waals surface area contributed by atoms with Gasteiger partial charge in [0, 0.05) is 26.3 Å². The van der Waals surface area contributed by atoms with E-state index in [1.807, 2.05) is 6.08 Å². The summed E-state index contributed by atoms with van der Waals surface area (Å²) < 4.78 is 36.8. The molecule has 0 aromatic heterocycles. The van der Waals surface area contributed by atoms with Gasteiger partial charge >= 0.3 is 0 Å². The summed E-state index contributed by atoms with van der Waals surface area (Å²) in [5, 5.41) is 0. The maximum Gasteiger partial charge on any atom is 0.243 e. The SMILES string of the molecule is COCC1=CCN(S(=O)(=O)c2ccc(N)c(OC)c2)CC1. The van der Waals surface area contributed by atoms with Crippen molar-refractivity contribution in [2.75, 3.05) is 39.6 Å². The lowest BCUT2D eigenvalue weighted by Crippen LogP contribution is -2.35. The van der Waals surface area contributed by atoms with E-state index in [4.69, 9.17) is 15.2 Å². The van der Waals surface area contributed by atoms with Crippen LogP contribution in [0.2, 0.25) is 0 Å². The van der Waals surface area contributed by atoms with Crippen LogP contribution in [0.3, 0.4) is 0 Å². The van der Waals surface area contributed by atoms with Gasteiger partial charge in [-0.15, -0.1) is 0 Å². The molecule has 2 N–H and O–H groups in total. The molecule has 116 valence electrons. The molecule has 0 radical (unpaired) electrons. The third-order valence-electron chi connectivity index (χ3n) is 3.44. The van der Waals surface area contributed by atoms with Gasteiger partial charge in [0.05, 0.1) is 24.3 Å². The molecule has 0 spiro atoms. The van der Waals surface area contributed by atoms with Crippen LogP contribution in [-0.4, -0.2) is 46.6 Å². The molecule has 2 rings (SSSR count). The first-order valence-corrected chi connectivity index (χ1v) is 8.03. The van der Waals surface area contributed by atoms with Crippen LogP contribution in [0.1, 0.15) is 6.42 Å². The van der Waals surface area contributed by atoms with E-state index in [9.17, 15) is 8.42 Å². The van der Waals surface area contributed by atoms with Gasteiger partial charge in [0.25, 0.3) is 0 Å². The first-order chi connectivity index (χ1) is 9.98. The van der Waals surface area contributed by atoms with Crippen LogP contribution in [0.15, 0.2) is 34.7 Å². The molecule has 21 heavy (non-hydrogen) atoms. The van der Waals surface area contributed by atoms with Crippen LogP contribution in [0.4, 0.5) is 5.69 Å². The summed E-state index contributed by atoms with van der Waals surface area (Å²) in [4.78, 5) is 0.192. The summed E-state index contributed by atoms with van der Waals surface area (Å²) in [7, 11) is -0.447. The van der Waals surface area contributed by atoms with Crippen molar-refractivity contribution in [2.45, 2.75) is 11.3 Å². The standard InChI is InChI=1S/C14H20N2O4S/c1-19-10-11-5-7-16(8-6-11)21(17,18)12-3-4-13(15)14(9-12)20-2/h3-5,9H,6-8,10,15H2,1-2H3. The third kappa shape index (κ3) is 3.37. The first-order valence-electron chi connectivity index (χ1n) is 6.59. The second kappa shape index (κ2) is 6.46. The number of nitrogens with zero attached hydrogens (tertiary/aromatic N) is 1. The minimum absolute atomic E-state index is 0.192. The number of ether oxygens (including phenoxy) is 2. The summed E-state index contributed by atoms with van der Waals surface area (Å²) in [6, 6.07) is 4.50. The number of rotatable bonds is 5. The van der Waals surface area contributed by atoms with Gasteiger partial charge < -0.3 is 15.2 Å². The van der Waals surface area contributed by atoms with Crippen molar-refractivity contribution < 1.29 is 17.9 Å². The van der Waals surface area contributed by atoms with E-state index >= 15 is 0 Å². The Kier molecular flexibility index (Phi) is 4.87. The maximum absolute atomic E-state index is 12.6. The molecule has 0 aliphatic carbocycles. The van der Waals surface area contributed by atoms with Gasteiger partial charge in [-0.3, -0.25) is 0 Å². The van der Waals surface area contributed by atoms with Crippen molar-refractivity contribution in [1.82, 2.24) is 4.31 Å². The predicted octanol–water partition coefficient (Wildman–Crippen LogP) is 1.24. The lowest BCUT2D eigenvalue weighted by molar-refractivity contribution is 0.219. The smallest absolute Gasteiger partial charge is 0.243 e. The molecule has 1 aromatic rings. The zero-order valence-corrected chi connectivity index (χ0v) is 13.0. The highest BCUT2D eigenvalue weighted by Gasteiger charge is 2.26. The number of methoxy groups -OCH3 is 2. The summed E-state index contributed by atoms with van der Waals surface area (Å²) >= 11 is 0. The molecule has 1 heterocycles. The molecule has 0 unspecified atom stereocenters. The van der Waals surface area contributed by atoms with E-state index in [0.717, 1.165) is 5.57 Å². The highest BCUT2D eigenvalue weighted by molar-refractivity contribution is 7.89. The first kappa shape index (κ1) is 15.8. The second-order valence-electron chi connectivity index (χ2n) is 4.81. The lowest BCUT2D eigenvalue weighted by atomic mass is 10.1. The molecule has 0 saturated heterocycles. The minimum Gasteiger partial charge on any atom is -0.495 e. The average molecular weight is 312 g/mol. The van der Waals surface area contributed by atoms with Crippen molar-refractivity contribution >= 4 is 15.7 Å². The van der Waals surface area contributed by atoms with Gasteiger partial charge in [0.2, 0.25) is 10.0 Å². The number of benzene rings is 1. The fourth-order valence-corrected chi connectivity index (χ4v) is 3.62. The van der Waals surface area contributed by atoms with Crippen molar-refractivity contribution in [1.29, 1.82) is 0 Å². The van der Waals surface area contributed by atoms with Crippen molar-refractivity contribution in [3.8, 4) is 5.75 Å². The Morgan fingerprint density at radius 3 is 2.67 bits per heavy atom. The van der Waals surface area contributed by atoms with E-state index < -0.39 is 10.0 Å². The summed E-state index contributed by atoms with van der Waals surface area (Å²) in [5.41, 5.74) is 7.25. The number of hydrogen-bond donors (Lipinski definition) is 1. The zero-order chi connectivity index (χ0) is 15.5. The van der Waals surface area contributed by atoms with E-state index in [1.54, 1.807) is 13.2 Å². The van der Waals surface area contributed by atoms with Crippen LogP contribution < -0.4 is 10.5 Å². The molecular weight excluding hydrogens is 292 g/mol. The Hall–Kier alpha value is -1.57. The summed E-state index contributed by atoms with van der Waals surface area (Å²) in [6.07, 6.45) is 2.58. The van der Waals surface area contributed by atoms with Gasteiger partial charge in [-0.25, -0.2) is 8.42 Å². The molecular formula is C14H20N2O4S. The molecule has 0 fully saturated rings. The molecule has 1 aliphatic heterocycles. The lowest BCUT2D eigenvalue weighted by Gasteiger charge is -2.25. The third-order valence-corrected chi connectivity index (χ3v) is 5.30. The van der Waals surface area contributed by atoms with Gasteiger partial charge in [0.15, 0.2) is 0 Å². The molecule has 1 aromatic carbocycles. The predicted molar refractivity (Wildman–Crippen MR) is 80.7 cm³/mol. The Balaban J connectivity index is 2.23. The summed E-state index contributed by atoms with van der Waals surface area (Å²) in [5.74, 6) is 0.365. The Bertz CT molecular complexity index is 640. The van der Waals surface area contributed by atoms with E-state index in [0.29, 0.717) is 37.6 Å². The number of nitrogens with two attached hydrogens (primary N) is 1. The van der Waals surface area contributed by atoms with Crippen LogP contribution in [0, 0.1) is 0 Å². The Morgan fingerprint density at radius 2 is 2.10 bits per heavy atom. The van der Waals surface area contributed by atoms with E-state index in [2.05, 4.69) is 0 Å². The van der Waals surface area contributed by atoms with E-state index in [-0.39, 0.29) is 4.90 Å². The molecule has 0 atom stereocenters. The summed E-state index contributed by atoms with van der Waals surface area (Å²) in [6.45, 7) is 1.35. The van der Waals surface area contributed by atoms with Gasteiger partial charge in [-0.1, -0.05) is 6.08 Å². The van der Waals surface area contributed by atoms with Gasteiger partial charge in [0.1, 0.15) is 5.75 Å². The maximum atomic E-state index is 12.6. The van der Waals surface area contributed by atoms with Crippen LogP contribution in [0.25, 0.3) is 0 Å². The number of hydrogen-bond acceptors (Lipinski definition) is 5. The largest absolute Gasteiger partial charge is 0.495 e. The Labute approximate surface area is 125 Å². The highest BCUT2D eigenvalue weighted by Crippen LogP contribution is 2.27. The average Bonchev–Trinajstić information content (AvgIpc) is 2.48. The van der Waals surface area contributed by atoms with Crippen LogP contribution in [0.5, 0.6) is 5.75 Å². The van der Waals surface area contributed by atoms with Crippen molar-refractivity contribution in [2.24, 2.45) is 0 Å². The second-order valence-corrected chi connectivity index (χ2v) is 6.75. The van der Waals surface area contributed by atoms with Gasteiger partial charge in [-0.05, 0) is 24.1 Å². The number of nitrogen functional groups attached to an aromatic ring is 1. The highest BCUT2D eigenvalue weighted by atomic mass is 32.2. The number of anilines is 1. The van der Waals surface area contributed by atoms with Crippen molar-refractivity contribution in [3.63, 3.8) is 0 Å². The van der Waals surface area contributed by atoms with Gasteiger partial charge in [-0.2, -0.15) is 4.31 Å². The fraction of sp³-hybridized carbons (Fsp3) is 0.429. The van der Waals surface area contributed by atoms with E-state index in [1.165, 1.54) is 23.5 Å². The van der Waals surface area contributed by atoms with Crippen molar-refractivity contribution in [3.05, 3.63) is 29.8 Å². The zero-order valence-electron chi connectivity index (χ0n) is 12.2. The minimum atomic E-state index is -3.54. The molecule has 0 bridgehead atoms.